The minimum absolute atomic E-state index is 0.0304. The van der Waals surface area contributed by atoms with E-state index in [1.54, 1.807) is 36.4 Å². The Morgan fingerprint density at radius 1 is 0.854 bits per heavy atom. The number of rotatable bonds is 9. The number of likely N-dealkylation sites (tertiary alicyclic amines) is 1. The molecule has 1 aliphatic carbocycles. The van der Waals surface area contributed by atoms with Crippen LogP contribution in [0.4, 0.5) is 4.39 Å². The van der Waals surface area contributed by atoms with Crippen LogP contribution < -0.4 is 4.72 Å². The van der Waals surface area contributed by atoms with Crippen molar-refractivity contribution in [2.45, 2.75) is 68.3 Å². The Bertz CT molecular complexity index is 1470. The molecule has 9 heteroatoms. The summed E-state index contributed by atoms with van der Waals surface area (Å²) >= 11 is 0. The zero-order chi connectivity index (χ0) is 29.0. The Morgan fingerprint density at radius 3 is 2.07 bits per heavy atom. The van der Waals surface area contributed by atoms with Gasteiger partial charge >= 0.3 is 5.97 Å². The van der Waals surface area contributed by atoms with Crippen LogP contribution in [0.3, 0.4) is 0 Å². The molecule has 1 amide bonds. The molecule has 1 heterocycles. The van der Waals surface area contributed by atoms with Gasteiger partial charge < -0.3 is 10.0 Å². The molecule has 1 saturated carbocycles. The second kappa shape index (κ2) is 12.5. The summed E-state index contributed by atoms with van der Waals surface area (Å²) in [6.45, 7) is 0.693. The Labute approximate surface area is 240 Å². The summed E-state index contributed by atoms with van der Waals surface area (Å²) in [6, 6.07) is 20.4. The van der Waals surface area contributed by atoms with E-state index >= 15 is 0 Å². The molecule has 3 aromatic rings. The second-order valence-corrected chi connectivity index (χ2v) is 12.7. The number of aliphatic carboxylic acids is 1. The van der Waals surface area contributed by atoms with Crippen LogP contribution in [0, 0.1) is 11.7 Å². The van der Waals surface area contributed by atoms with Crippen molar-refractivity contribution in [1.82, 2.24) is 9.62 Å². The summed E-state index contributed by atoms with van der Waals surface area (Å²) < 4.78 is 42.4. The molecule has 2 N–H and O–H groups in total. The van der Waals surface area contributed by atoms with Gasteiger partial charge in [-0.25, -0.2) is 17.5 Å². The van der Waals surface area contributed by atoms with Crippen LogP contribution in [-0.2, 0) is 26.0 Å². The molecule has 3 aromatic carbocycles. The molecule has 2 fully saturated rings. The maximum absolute atomic E-state index is 13.4. The number of sulfonamides is 1. The van der Waals surface area contributed by atoms with Gasteiger partial charge in [-0.05, 0) is 91.5 Å². The predicted octanol–water partition coefficient (Wildman–Crippen LogP) is 5.71. The zero-order valence-corrected chi connectivity index (χ0v) is 23.7. The van der Waals surface area contributed by atoms with Gasteiger partial charge in [-0.3, -0.25) is 9.59 Å². The highest BCUT2D eigenvalue weighted by atomic mass is 32.2. The average molecular weight is 579 g/mol. The molecule has 1 atom stereocenters. The molecule has 0 aromatic heterocycles. The number of carbonyl (C=O) groups is 2. The van der Waals surface area contributed by atoms with Gasteiger partial charge in [-0.15, -0.1) is 0 Å². The topological polar surface area (TPSA) is 104 Å². The van der Waals surface area contributed by atoms with E-state index < -0.39 is 16.0 Å². The number of nitrogens with one attached hydrogen (secondary N) is 1. The van der Waals surface area contributed by atoms with Crippen LogP contribution >= 0.6 is 0 Å². The van der Waals surface area contributed by atoms with E-state index in [9.17, 15) is 22.4 Å². The molecule has 5 rings (SSSR count). The normalized spacial score (nSPS) is 21.1. The van der Waals surface area contributed by atoms with E-state index in [1.807, 2.05) is 29.2 Å². The first kappa shape index (κ1) is 29.0. The minimum atomic E-state index is -3.71. The van der Waals surface area contributed by atoms with Crippen LogP contribution in [-0.4, -0.2) is 42.9 Å². The monoisotopic (exact) mass is 578 g/mol. The molecule has 0 radical (unpaired) electrons. The molecule has 0 spiro atoms. The van der Waals surface area contributed by atoms with Gasteiger partial charge in [0.05, 0.1) is 10.9 Å². The van der Waals surface area contributed by atoms with Crippen molar-refractivity contribution in [3.8, 4) is 11.1 Å². The Morgan fingerprint density at radius 2 is 1.46 bits per heavy atom. The lowest BCUT2D eigenvalue weighted by Gasteiger charge is -2.33. The van der Waals surface area contributed by atoms with E-state index in [0.29, 0.717) is 38.6 Å². The molecule has 0 bridgehead atoms. The molecule has 2 aliphatic rings. The smallest absolute Gasteiger partial charge is 0.303 e. The number of amides is 1. The van der Waals surface area contributed by atoms with Crippen LogP contribution in [0.1, 0.15) is 62.1 Å². The van der Waals surface area contributed by atoms with Crippen LogP contribution in [0.15, 0.2) is 77.7 Å². The van der Waals surface area contributed by atoms with Crippen LogP contribution in [0.25, 0.3) is 11.1 Å². The maximum Gasteiger partial charge on any atom is 0.303 e. The van der Waals surface area contributed by atoms with E-state index in [4.69, 9.17) is 5.11 Å². The molecule has 1 saturated heterocycles. The lowest BCUT2D eigenvalue weighted by molar-refractivity contribution is -0.138. The van der Waals surface area contributed by atoms with Crippen molar-refractivity contribution in [2.75, 3.05) is 6.54 Å². The first-order valence-corrected chi connectivity index (χ1v) is 15.7. The number of aryl methyl sites for hydroxylation is 1. The molecule has 41 heavy (non-hydrogen) atoms. The Kier molecular flexibility index (Phi) is 8.85. The van der Waals surface area contributed by atoms with Gasteiger partial charge in [0.2, 0.25) is 15.9 Å². The van der Waals surface area contributed by atoms with Crippen molar-refractivity contribution in [2.24, 2.45) is 5.92 Å². The van der Waals surface area contributed by atoms with Crippen molar-refractivity contribution in [3.63, 3.8) is 0 Å². The van der Waals surface area contributed by atoms with E-state index in [0.717, 1.165) is 35.1 Å². The largest absolute Gasteiger partial charge is 0.481 e. The van der Waals surface area contributed by atoms with E-state index in [1.165, 1.54) is 12.1 Å². The molecular formula is C32H35FN2O5S. The quantitative estimate of drug-likeness (QED) is 0.339. The van der Waals surface area contributed by atoms with Crippen LogP contribution in [0.5, 0.6) is 0 Å². The minimum Gasteiger partial charge on any atom is -0.481 e. The number of nitrogens with zero attached hydrogens (tertiary/aromatic N) is 1. The second-order valence-electron chi connectivity index (χ2n) is 11.0. The van der Waals surface area contributed by atoms with Crippen LogP contribution in [0.2, 0.25) is 0 Å². The SMILES string of the molecule is O=C(O)CCc1ccc(-c2ccc(S(=O)(=O)N[C@H]3CC[C@H](C(=O)N4CCC[C@@H]4c4ccc(F)cc4)CC3)cc2)cc1. The van der Waals surface area contributed by atoms with Gasteiger partial charge in [0.1, 0.15) is 5.82 Å². The lowest BCUT2D eigenvalue weighted by Crippen LogP contribution is -2.42. The number of carbonyl (C=O) groups excluding carboxylic acids is 1. The number of carboxylic acids is 1. The third-order valence-electron chi connectivity index (χ3n) is 8.27. The first-order valence-electron chi connectivity index (χ1n) is 14.2. The third kappa shape index (κ3) is 7.02. The Hall–Kier alpha value is -3.56. The van der Waals surface area contributed by atoms with Crippen molar-refractivity contribution in [1.29, 1.82) is 0 Å². The fourth-order valence-electron chi connectivity index (χ4n) is 5.98. The molecule has 1 aliphatic heterocycles. The van der Waals surface area contributed by atoms with Crippen molar-refractivity contribution >= 4 is 21.9 Å². The Balaban J connectivity index is 1.15. The summed E-state index contributed by atoms with van der Waals surface area (Å²) in [4.78, 5) is 26.3. The zero-order valence-electron chi connectivity index (χ0n) is 22.8. The van der Waals surface area contributed by atoms with Gasteiger partial charge in [0.25, 0.3) is 0 Å². The lowest BCUT2D eigenvalue weighted by atomic mass is 9.85. The molecule has 7 nitrogen and oxygen atoms in total. The summed E-state index contributed by atoms with van der Waals surface area (Å²) in [6.07, 6.45) is 4.76. The number of carboxylic acid groups (broad SMARTS) is 1. The highest BCUT2D eigenvalue weighted by Gasteiger charge is 2.36. The summed E-state index contributed by atoms with van der Waals surface area (Å²) in [5.41, 5.74) is 3.68. The number of halogens is 1. The maximum atomic E-state index is 13.4. The van der Waals surface area contributed by atoms with E-state index in [2.05, 4.69) is 4.72 Å². The summed E-state index contributed by atoms with van der Waals surface area (Å²) in [5, 5.41) is 8.85. The highest BCUT2D eigenvalue weighted by molar-refractivity contribution is 7.89. The first-order chi connectivity index (χ1) is 19.7. The van der Waals surface area contributed by atoms with Gasteiger partial charge in [0, 0.05) is 24.9 Å². The fourth-order valence-corrected chi connectivity index (χ4v) is 7.29. The number of hydrogen-bond donors (Lipinski definition) is 2. The van der Waals surface area contributed by atoms with Crippen molar-refractivity contribution in [3.05, 3.63) is 89.7 Å². The fraction of sp³-hybridized carbons (Fsp3) is 0.375. The van der Waals surface area contributed by atoms with Gasteiger partial charge in [-0.2, -0.15) is 0 Å². The number of hydrogen-bond acceptors (Lipinski definition) is 4. The van der Waals surface area contributed by atoms with Gasteiger partial charge in [-0.1, -0.05) is 48.5 Å². The average Bonchev–Trinajstić information content (AvgIpc) is 3.47. The third-order valence-corrected chi connectivity index (χ3v) is 9.80. The predicted molar refractivity (Wildman–Crippen MR) is 154 cm³/mol. The summed E-state index contributed by atoms with van der Waals surface area (Å²) in [5.74, 6) is -1.14. The molecule has 0 unspecified atom stereocenters. The van der Waals surface area contributed by atoms with E-state index in [-0.39, 0.29) is 41.0 Å². The standard InChI is InChI=1S/C32H35FN2O5S/c33-27-14-8-25(9-15-27)30-2-1-21-35(30)32(38)26-10-16-28(17-11-26)34-41(39,40)29-18-12-24(13-19-29)23-6-3-22(4-7-23)5-20-31(36)37/h3-4,6-9,12-15,18-19,26,28,30,34H,1-2,5,10-11,16-17,20-21H2,(H,36,37)/t26-,28-,30-/m1/s1. The molecular weight excluding hydrogens is 543 g/mol. The van der Waals surface area contributed by atoms with Gasteiger partial charge in [0.15, 0.2) is 0 Å². The number of benzene rings is 3. The summed E-state index contributed by atoms with van der Waals surface area (Å²) in [7, 11) is -3.71. The highest BCUT2D eigenvalue weighted by Crippen LogP contribution is 2.36. The van der Waals surface area contributed by atoms with Crippen molar-refractivity contribution < 1.29 is 27.5 Å². The molecule has 216 valence electrons.